The predicted molar refractivity (Wildman–Crippen MR) is 192 cm³/mol. The Morgan fingerprint density at radius 2 is 0.851 bits per heavy atom. The lowest BCUT2D eigenvalue weighted by Crippen LogP contribution is -2.00. The molecule has 0 spiro atoms. The van der Waals surface area contributed by atoms with Gasteiger partial charge in [-0.3, -0.25) is 0 Å². The molecule has 2 heterocycles. The molecule has 220 valence electrons. The van der Waals surface area contributed by atoms with Crippen LogP contribution >= 0.6 is 0 Å². The fraction of sp³-hybridized carbons (Fsp3) is 0. The highest BCUT2D eigenvalue weighted by molar-refractivity contribution is 6.16. The maximum Gasteiger partial charge on any atom is 0.164 e. The summed E-state index contributed by atoms with van der Waals surface area (Å²) in [6.07, 6.45) is 0. The Morgan fingerprint density at radius 1 is 0.319 bits per heavy atom. The average molecular weight is 602 g/mol. The van der Waals surface area contributed by atoms with Crippen molar-refractivity contribution in [3.05, 3.63) is 164 Å². The maximum atomic E-state index is 6.47. The van der Waals surface area contributed by atoms with Crippen molar-refractivity contribution in [2.45, 2.75) is 0 Å². The van der Waals surface area contributed by atoms with E-state index in [-0.39, 0.29) is 0 Å². The highest BCUT2D eigenvalue weighted by atomic mass is 16.3. The smallest absolute Gasteiger partial charge is 0.164 e. The van der Waals surface area contributed by atoms with Crippen LogP contribution in [0.2, 0.25) is 0 Å². The van der Waals surface area contributed by atoms with Crippen molar-refractivity contribution in [3.8, 4) is 56.4 Å². The van der Waals surface area contributed by atoms with Crippen LogP contribution in [0.4, 0.5) is 0 Å². The predicted octanol–water partition coefficient (Wildman–Crippen LogP) is 11.3. The fourth-order valence-corrected chi connectivity index (χ4v) is 6.53. The molecule has 0 amide bonds. The zero-order valence-electron chi connectivity index (χ0n) is 25.3. The van der Waals surface area contributed by atoms with E-state index in [1.807, 2.05) is 66.7 Å². The third kappa shape index (κ3) is 4.75. The first kappa shape index (κ1) is 27.0. The molecule has 9 rings (SSSR count). The van der Waals surface area contributed by atoms with Gasteiger partial charge in [0.25, 0.3) is 0 Å². The molecule has 0 bridgehead atoms. The van der Waals surface area contributed by atoms with Gasteiger partial charge in [-0.25, -0.2) is 15.0 Å². The number of nitrogens with zero attached hydrogens (tertiary/aromatic N) is 3. The van der Waals surface area contributed by atoms with E-state index in [1.54, 1.807) is 0 Å². The van der Waals surface area contributed by atoms with Gasteiger partial charge < -0.3 is 4.42 Å². The van der Waals surface area contributed by atoms with Gasteiger partial charge in [0.15, 0.2) is 17.5 Å². The summed E-state index contributed by atoms with van der Waals surface area (Å²) in [7, 11) is 0. The number of furan rings is 1. The molecule has 0 aliphatic carbocycles. The Hall–Kier alpha value is -6.39. The molecule has 0 saturated heterocycles. The molecule has 7 aromatic carbocycles. The van der Waals surface area contributed by atoms with Crippen molar-refractivity contribution in [1.82, 2.24) is 15.0 Å². The van der Waals surface area contributed by atoms with Gasteiger partial charge in [0, 0.05) is 27.5 Å². The summed E-state index contributed by atoms with van der Waals surface area (Å²) in [6, 6.07) is 56.3. The number of hydrogen-bond acceptors (Lipinski definition) is 4. The second-order valence-electron chi connectivity index (χ2n) is 11.6. The molecule has 0 aliphatic rings. The van der Waals surface area contributed by atoms with Gasteiger partial charge in [-0.1, -0.05) is 146 Å². The van der Waals surface area contributed by atoms with Crippen LogP contribution in [-0.4, -0.2) is 15.0 Å². The SMILES string of the molecule is c1ccc(-c2ccc3c(c2)oc2cccc(-c4cccc5c(-c6nc(-c7ccccc7)nc(-c7ccccc7)n6)cccc45)c23)cc1. The second kappa shape index (κ2) is 11.2. The molecule has 4 heteroatoms. The number of hydrogen-bond donors (Lipinski definition) is 0. The second-order valence-corrected chi connectivity index (χ2v) is 11.6. The lowest BCUT2D eigenvalue weighted by Gasteiger charge is -2.13. The number of rotatable bonds is 5. The first-order valence-corrected chi connectivity index (χ1v) is 15.7. The van der Waals surface area contributed by atoms with Crippen LogP contribution in [0.1, 0.15) is 0 Å². The third-order valence-electron chi connectivity index (χ3n) is 8.76. The van der Waals surface area contributed by atoms with Gasteiger partial charge in [-0.05, 0) is 51.2 Å². The minimum atomic E-state index is 0.640. The molecule has 0 unspecified atom stereocenters. The normalized spacial score (nSPS) is 11.4. The van der Waals surface area contributed by atoms with E-state index in [0.29, 0.717) is 17.5 Å². The van der Waals surface area contributed by atoms with Gasteiger partial charge in [0.2, 0.25) is 0 Å². The van der Waals surface area contributed by atoms with E-state index >= 15 is 0 Å². The number of fused-ring (bicyclic) bond motifs is 4. The lowest BCUT2D eigenvalue weighted by atomic mass is 9.92. The summed E-state index contributed by atoms with van der Waals surface area (Å²) in [5.41, 5.74) is 9.16. The zero-order valence-corrected chi connectivity index (χ0v) is 25.3. The standard InChI is InChI=1S/C43H27N3O/c1-4-13-28(14-5-1)31-25-26-37-39(27-31)47-38-24-12-22-35(40(37)38)33-20-10-21-34-32(33)19-11-23-36(34)43-45-41(29-15-6-2-7-16-29)44-42(46-43)30-17-8-3-9-18-30/h1-27H. The summed E-state index contributed by atoms with van der Waals surface area (Å²) in [5.74, 6) is 1.93. The van der Waals surface area contributed by atoms with Gasteiger partial charge in [-0.15, -0.1) is 0 Å². The fourth-order valence-electron chi connectivity index (χ4n) is 6.53. The molecular weight excluding hydrogens is 574 g/mol. The molecule has 0 saturated carbocycles. The van der Waals surface area contributed by atoms with Gasteiger partial charge >= 0.3 is 0 Å². The maximum absolute atomic E-state index is 6.47. The number of aromatic nitrogens is 3. The Kier molecular flexibility index (Phi) is 6.43. The Labute approximate surface area is 271 Å². The van der Waals surface area contributed by atoms with Crippen LogP contribution in [0.15, 0.2) is 168 Å². The van der Waals surface area contributed by atoms with Gasteiger partial charge in [0.1, 0.15) is 11.2 Å². The van der Waals surface area contributed by atoms with Crippen LogP contribution < -0.4 is 0 Å². The third-order valence-corrected chi connectivity index (χ3v) is 8.76. The van der Waals surface area contributed by atoms with Crippen molar-refractivity contribution in [2.24, 2.45) is 0 Å². The van der Waals surface area contributed by atoms with Crippen LogP contribution in [0.5, 0.6) is 0 Å². The molecule has 9 aromatic rings. The molecular formula is C43H27N3O. The summed E-state index contributed by atoms with van der Waals surface area (Å²) in [6.45, 7) is 0. The van der Waals surface area contributed by atoms with E-state index in [1.165, 1.54) is 5.56 Å². The molecule has 47 heavy (non-hydrogen) atoms. The van der Waals surface area contributed by atoms with Crippen LogP contribution in [0.25, 0.3) is 89.1 Å². The number of benzene rings is 7. The average Bonchev–Trinajstić information content (AvgIpc) is 3.53. The van der Waals surface area contributed by atoms with E-state index in [4.69, 9.17) is 19.4 Å². The van der Waals surface area contributed by atoms with Crippen molar-refractivity contribution >= 4 is 32.7 Å². The van der Waals surface area contributed by atoms with E-state index in [9.17, 15) is 0 Å². The minimum absolute atomic E-state index is 0.640. The molecule has 0 aliphatic heterocycles. The van der Waals surface area contributed by atoms with Crippen molar-refractivity contribution < 1.29 is 4.42 Å². The Balaban J connectivity index is 1.23. The van der Waals surface area contributed by atoms with Crippen LogP contribution in [-0.2, 0) is 0 Å². The largest absolute Gasteiger partial charge is 0.456 e. The molecule has 0 fully saturated rings. The first-order chi connectivity index (χ1) is 23.3. The highest BCUT2D eigenvalue weighted by Crippen LogP contribution is 2.41. The van der Waals surface area contributed by atoms with Crippen LogP contribution in [0, 0.1) is 0 Å². The van der Waals surface area contributed by atoms with E-state index in [2.05, 4.69) is 97.1 Å². The van der Waals surface area contributed by atoms with Crippen LogP contribution in [0.3, 0.4) is 0 Å². The topological polar surface area (TPSA) is 51.8 Å². The van der Waals surface area contributed by atoms with Crippen molar-refractivity contribution in [1.29, 1.82) is 0 Å². The summed E-state index contributed by atoms with van der Waals surface area (Å²) >= 11 is 0. The van der Waals surface area contributed by atoms with Gasteiger partial charge in [-0.2, -0.15) is 0 Å². The zero-order chi connectivity index (χ0) is 31.2. The molecule has 4 nitrogen and oxygen atoms in total. The minimum Gasteiger partial charge on any atom is -0.456 e. The molecule has 0 atom stereocenters. The first-order valence-electron chi connectivity index (χ1n) is 15.7. The van der Waals surface area contributed by atoms with Gasteiger partial charge in [0.05, 0.1) is 0 Å². The molecule has 0 radical (unpaired) electrons. The summed E-state index contributed by atoms with van der Waals surface area (Å²) < 4.78 is 6.47. The molecule has 2 aromatic heterocycles. The Morgan fingerprint density at radius 3 is 1.51 bits per heavy atom. The Bertz CT molecular complexity index is 2500. The molecule has 0 N–H and O–H groups in total. The van der Waals surface area contributed by atoms with E-state index < -0.39 is 0 Å². The highest BCUT2D eigenvalue weighted by Gasteiger charge is 2.18. The summed E-state index contributed by atoms with van der Waals surface area (Å²) in [5, 5.41) is 4.40. The lowest BCUT2D eigenvalue weighted by molar-refractivity contribution is 0.669. The monoisotopic (exact) mass is 601 g/mol. The quantitative estimate of drug-likeness (QED) is 0.197. The van der Waals surface area contributed by atoms with E-state index in [0.717, 1.165) is 66.1 Å². The van der Waals surface area contributed by atoms with Crippen molar-refractivity contribution in [2.75, 3.05) is 0 Å². The summed E-state index contributed by atoms with van der Waals surface area (Å²) in [4.78, 5) is 15.0. The van der Waals surface area contributed by atoms with Crippen molar-refractivity contribution in [3.63, 3.8) is 0 Å².